The highest BCUT2D eigenvalue weighted by molar-refractivity contribution is 6.31. The molecule has 1 aliphatic carbocycles. The van der Waals surface area contributed by atoms with Crippen LogP contribution in [0.1, 0.15) is 6.42 Å². The first-order chi connectivity index (χ1) is 4.33. The van der Waals surface area contributed by atoms with Gasteiger partial charge in [0.2, 0.25) is 0 Å². The van der Waals surface area contributed by atoms with Crippen molar-refractivity contribution in [3.05, 3.63) is 23.3 Å². The van der Waals surface area contributed by atoms with E-state index in [1.54, 1.807) is 0 Å². The van der Waals surface area contributed by atoms with E-state index in [9.17, 15) is 0 Å². The minimum absolute atomic E-state index is 0.219. The molecule has 0 spiro atoms. The summed E-state index contributed by atoms with van der Waals surface area (Å²) in [6.45, 7) is 0.219. The topological polar surface area (TPSA) is 20.2 Å². The average Bonchev–Trinajstić information content (AvgIpc) is 1.90. The summed E-state index contributed by atoms with van der Waals surface area (Å²) >= 11 is 5.63. The molecule has 1 nitrogen and oxygen atoms in total. The lowest BCUT2D eigenvalue weighted by Gasteiger charge is -2.09. The summed E-state index contributed by atoms with van der Waals surface area (Å²) in [5.74, 6) is 0.285. The predicted octanol–water partition coefficient (Wildman–Crippen LogP) is 1.68. The Labute approximate surface area is 59.6 Å². The van der Waals surface area contributed by atoms with Crippen molar-refractivity contribution in [2.24, 2.45) is 5.92 Å². The van der Waals surface area contributed by atoms with Crippen LogP contribution in [-0.2, 0) is 0 Å². The lowest BCUT2D eigenvalue weighted by atomic mass is 10.0. The molecule has 0 aromatic carbocycles. The lowest BCUT2D eigenvalue weighted by Crippen LogP contribution is -2.02. The van der Waals surface area contributed by atoms with Gasteiger partial charge in [0.25, 0.3) is 0 Å². The van der Waals surface area contributed by atoms with Gasteiger partial charge >= 0.3 is 0 Å². The zero-order chi connectivity index (χ0) is 6.69. The third-order valence-corrected chi connectivity index (χ3v) is 1.66. The normalized spacial score (nSPS) is 26.0. The first-order valence-electron chi connectivity index (χ1n) is 2.97. The molecule has 0 fully saturated rings. The fraction of sp³-hybridized carbons (Fsp3) is 0.429. The minimum atomic E-state index is 0.219. The highest BCUT2D eigenvalue weighted by Gasteiger charge is 2.04. The monoisotopic (exact) mass is 144 g/mol. The van der Waals surface area contributed by atoms with Gasteiger partial charge in [-0.25, -0.2) is 0 Å². The summed E-state index contributed by atoms with van der Waals surface area (Å²) in [4.78, 5) is 0. The third-order valence-electron chi connectivity index (χ3n) is 1.38. The second-order valence-corrected chi connectivity index (χ2v) is 2.56. The van der Waals surface area contributed by atoms with E-state index in [-0.39, 0.29) is 12.5 Å². The Morgan fingerprint density at radius 3 is 3.00 bits per heavy atom. The van der Waals surface area contributed by atoms with Gasteiger partial charge in [0.05, 0.1) is 0 Å². The molecule has 1 atom stereocenters. The van der Waals surface area contributed by atoms with E-state index < -0.39 is 0 Å². The van der Waals surface area contributed by atoms with Gasteiger partial charge < -0.3 is 5.11 Å². The molecule has 0 bridgehead atoms. The van der Waals surface area contributed by atoms with Crippen molar-refractivity contribution in [2.45, 2.75) is 6.42 Å². The van der Waals surface area contributed by atoms with E-state index in [1.807, 2.05) is 18.2 Å². The van der Waals surface area contributed by atoms with E-state index >= 15 is 0 Å². The fourth-order valence-electron chi connectivity index (χ4n) is 0.774. The maximum Gasteiger partial charge on any atom is 0.0496 e. The summed E-state index contributed by atoms with van der Waals surface area (Å²) in [5, 5.41) is 9.43. The second kappa shape index (κ2) is 3.04. The van der Waals surface area contributed by atoms with Gasteiger partial charge in [-0.1, -0.05) is 23.8 Å². The minimum Gasteiger partial charge on any atom is -0.396 e. The van der Waals surface area contributed by atoms with Crippen molar-refractivity contribution in [1.82, 2.24) is 0 Å². The van der Waals surface area contributed by atoms with E-state index in [0.717, 1.165) is 11.5 Å². The first kappa shape index (κ1) is 6.84. The number of halogens is 1. The zero-order valence-electron chi connectivity index (χ0n) is 5.05. The largest absolute Gasteiger partial charge is 0.396 e. The summed E-state index contributed by atoms with van der Waals surface area (Å²) < 4.78 is 0. The Morgan fingerprint density at radius 1 is 1.78 bits per heavy atom. The van der Waals surface area contributed by atoms with Gasteiger partial charge in [-0.05, 0) is 12.5 Å². The number of rotatable bonds is 1. The summed E-state index contributed by atoms with van der Waals surface area (Å²) in [6, 6.07) is 0. The van der Waals surface area contributed by atoms with E-state index in [2.05, 4.69) is 0 Å². The Kier molecular flexibility index (Phi) is 2.31. The molecule has 1 unspecified atom stereocenters. The van der Waals surface area contributed by atoms with Crippen molar-refractivity contribution >= 4 is 11.6 Å². The number of aliphatic hydroxyl groups is 1. The van der Waals surface area contributed by atoms with Crippen molar-refractivity contribution < 1.29 is 5.11 Å². The molecule has 1 rings (SSSR count). The van der Waals surface area contributed by atoms with Crippen molar-refractivity contribution in [2.75, 3.05) is 6.61 Å². The Bertz CT molecular complexity index is 149. The maximum absolute atomic E-state index is 8.65. The van der Waals surface area contributed by atoms with Crippen LogP contribution in [0.15, 0.2) is 23.3 Å². The molecule has 50 valence electrons. The van der Waals surface area contributed by atoms with Crippen LogP contribution in [0.2, 0.25) is 0 Å². The molecule has 9 heavy (non-hydrogen) atoms. The van der Waals surface area contributed by atoms with Gasteiger partial charge in [-0.15, -0.1) is 0 Å². The standard InChI is InChI=1S/C7H9ClO/c8-7-3-1-6(5-9)2-4-7/h1,3-4,6,9H,2,5H2. The molecule has 0 saturated carbocycles. The number of allylic oxidation sites excluding steroid dienone is 3. The molecule has 2 heteroatoms. The molecule has 1 aliphatic rings. The first-order valence-corrected chi connectivity index (χ1v) is 3.35. The smallest absolute Gasteiger partial charge is 0.0496 e. The highest BCUT2D eigenvalue weighted by Crippen LogP contribution is 2.17. The fourth-order valence-corrected chi connectivity index (χ4v) is 0.936. The number of aliphatic hydroxyl groups excluding tert-OH is 1. The van der Waals surface area contributed by atoms with Gasteiger partial charge in [0, 0.05) is 17.6 Å². The van der Waals surface area contributed by atoms with Crippen molar-refractivity contribution in [1.29, 1.82) is 0 Å². The maximum atomic E-state index is 8.65. The van der Waals surface area contributed by atoms with Crippen LogP contribution in [0, 0.1) is 5.92 Å². The molecule has 0 saturated heterocycles. The molecular weight excluding hydrogens is 136 g/mol. The molecule has 1 N–H and O–H groups in total. The quantitative estimate of drug-likeness (QED) is 0.594. The van der Waals surface area contributed by atoms with Crippen LogP contribution in [-0.4, -0.2) is 11.7 Å². The third kappa shape index (κ3) is 1.84. The van der Waals surface area contributed by atoms with Crippen LogP contribution in [0.4, 0.5) is 0 Å². The lowest BCUT2D eigenvalue weighted by molar-refractivity contribution is 0.253. The Balaban J connectivity index is 2.48. The Hall–Kier alpha value is -0.270. The summed E-state index contributed by atoms with van der Waals surface area (Å²) in [5.41, 5.74) is 0. The summed E-state index contributed by atoms with van der Waals surface area (Å²) in [7, 11) is 0. The van der Waals surface area contributed by atoms with Crippen LogP contribution in [0.25, 0.3) is 0 Å². The van der Waals surface area contributed by atoms with Gasteiger partial charge in [-0.3, -0.25) is 0 Å². The average molecular weight is 145 g/mol. The SMILES string of the molecule is OCC1C=CC(Cl)=CC1. The molecule has 0 aliphatic heterocycles. The van der Waals surface area contributed by atoms with Crippen molar-refractivity contribution in [3.63, 3.8) is 0 Å². The van der Waals surface area contributed by atoms with Crippen LogP contribution in [0.5, 0.6) is 0 Å². The Morgan fingerprint density at radius 2 is 2.56 bits per heavy atom. The molecule has 0 heterocycles. The number of hydrogen-bond acceptors (Lipinski definition) is 1. The van der Waals surface area contributed by atoms with E-state index in [1.165, 1.54) is 0 Å². The van der Waals surface area contributed by atoms with Crippen LogP contribution >= 0.6 is 11.6 Å². The molecule has 0 amide bonds. The number of hydrogen-bond donors (Lipinski definition) is 1. The van der Waals surface area contributed by atoms with Gasteiger partial charge in [-0.2, -0.15) is 0 Å². The highest BCUT2D eigenvalue weighted by atomic mass is 35.5. The van der Waals surface area contributed by atoms with Gasteiger partial charge in [0.15, 0.2) is 0 Å². The molecule has 0 radical (unpaired) electrons. The molecule has 0 aromatic heterocycles. The van der Waals surface area contributed by atoms with E-state index in [0.29, 0.717) is 0 Å². The van der Waals surface area contributed by atoms with Crippen LogP contribution < -0.4 is 0 Å². The van der Waals surface area contributed by atoms with Crippen LogP contribution in [0.3, 0.4) is 0 Å². The van der Waals surface area contributed by atoms with E-state index in [4.69, 9.17) is 16.7 Å². The zero-order valence-corrected chi connectivity index (χ0v) is 5.80. The second-order valence-electron chi connectivity index (χ2n) is 2.13. The van der Waals surface area contributed by atoms with Crippen molar-refractivity contribution in [3.8, 4) is 0 Å². The molecule has 0 aromatic rings. The summed E-state index contributed by atoms with van der Waals surface area (Å²) in [6.07, 6.45) is 6.54. The predicted molar refractivity (Wildman–Crippen MR) is 38.3 cm³/mol. The van der Waals surface area contributed by atoms with Gasteiger partial charge in [0.1, 0.15) is 0 Å². The molecular formula is C7H9ClO.